The van der Waals surface area contributed by atoms with Crippen LogP contribution in [0.5, 0.6) is 0 Å². The molecule has 23 heavy (non-hydrogen) atoms. The Hall–Kier alpha value is -1.40. The van der Waals surface area contributed by atoms with Crippen molar-refractivity contribution < 1.29 is 14.3 Å². The molecule has 0 bridgehead atoms. The summed E-state index contributed by atoms with van der Waals surface area (Å²) in [7, 11) is 1.70. The van der Waals surface area contributed by atoms with Gasteiger partial charge in [-0.25, -0.2) is 0 Å². The highest BCUT2D eigenvalue weighted by atomic mass is 16.5. The van der Waals surface area contributed by atoms with Gasteiger partial charge in [-0.05, 0) is 31.6 Å². The van der Waals surface area contributed by atoms with Crippen LogP contribution in [-0.2, 0) is 9.47 Å². The molecule has 0 aliphatic carbocycles. The standard InChI is InChI=1S/C17H29N3O3/c1-13-15(11-19-20(13)14-5-8-23-9-6-14)16(21)18-12-17(2,3)7-10-22-4/h11,14H,5-10,12H2,1-4H3,(H,18,21). The van der Waals surface area contributed by atoms with E-state index in [9.17, 15) is 4.79 Å². The number of nitrogens with zero attached hydrogens (tertiary/aromatic N) is 2. The zero-order chi connectivity index (χ0) is 16.9. The summed E-state index contributed by atoms with van der Waals surface area (Å²) in [6.07, 6.45) is 4.49. The number of carbonyl (C=O) groups excluding carboxylic acids is 1. The van der Waals surface area contributed by atoms with Crippen LogP contribution in [0.2, 0.25) is 0 Å². The maximum Gasteiger partial charge on any atom is 0.254 e. The average molecular weight is 323 g/mol. The van der Waals surface area contributed by atoms with Gasteiger partial charge in [0.05, 0.1) is 17.8 Å². The molecule has 1 aromatic rings. The van der Waals surface area contributed by atoms with E-state index in [1.54, 1.807) is 13.3 Å². The Morgan fingerprint density at radius 1 is 1.48 bits per heavy atom. The highest BCUT2D eigenvalue weighted by Crippen LogP contribution is 2.23. The van der Waals surface area contributed by atoms with Crippen molar-refractivity contribution in [1.29, 1.82) is 0 Å². The number of nitrogens with one attached hydrogen (secondary N) is 1. The van der Waals surface area contributed by atoms with Gasteiger partial charge >= 0.3 is 0 Å². The van der Waals surface area contributed by atoms with E-state index in [2.05, 4.69) is 24.3 Å². The molecular formula is C17H29N3O3. The van der Waals surface area contributed by atoms with Gasteiger partial charge in [0.25, 0.3) is 5.91 Å². The molecule has 0 saturated carbocycles. The Morgan fingerprint density at radius 3 is 2.83 bits per heavy atom. The highest BCUT2D eigenvalue weighted by molar-refractivity contribution is 5.95. The molecule has 0 spiro atoms. The number of rotatable bonds is 7. The lowest BCUT2D eigenvalue weighted by Gasteiger charge is -2.25. The lowest BCUT2D eigenvalue weighted by atomic mass is 9.89. The van der Waals surface area contributed by atoms with Gasteiger partial charge in [0, 0.05) is 39.2 Å². The van der Waals surface area contributed by atoms with Crippen LogP contribution in [0.1, 0.15) is 55.2 Å². The molecule has 2 rings (SSSR count). The van der Waals surface area contributed by atoms with Crippen molar-refractivity contribution in [3.8, 4) is 0 Å². The first-order chi connectivity index (χ1) is 10.9. The van der Waals surface area contributed by atoms with Crippen LogP contribution in [0.4, 0.5) is 0 Å². The Bertz CT molecular complexity index is 519. The zero-order valence-electron chi connectivity index (χ0n) is 14.7. The van der Waals surface area contributed by atoms with Crippen LogP contribution in [0.3, 0.4) is 0 Å². The van der Waals surface area contributed by atoms with E-state index in [0.717, 1.165) is 38.2 Å². The van der Waals surface area contributed by atoms with Gasteiger partial charge in [0.15, 0.2) is 0 Å². The fourth-order valence-electron chi connectivity index (χ4n) is 2.83. The number of amides is 1. The number of aromatic nitrogens is 2. The van der Waals surface area contributed by atoms with E-state index >= 15 is 0 Å². The summed E-state index contributed by atoms with van der Waals surface area (Å²) in [5.74, 6) is -0.0497. The van der Waals surface area contributed by atoms with Gasteiger partial charge in [0.2, 0.25) is 0 Å². The third-order valence-corrected chi connectivity index (χ3v) is 4.54. The van der Waals surface area contributed by atoms with E-state index in [4.69, 9.17) is 9.47 Å². The summed E-state index contributed by atoms with van der Waals surface area (Å²) in [5.41, 5.74) is 1.61. The van der Waals surface area contributed by atoms with Crippen molar-refractivity contribution in [1.82, 2.24) is 15.1 Å². The first kappa shape index (κ1) is 17.9. The van der Waals surface area contributed by atoms with Gasteiger partial charge in [-0.2, -0.15) is 5.10 Å². The molecule has 1 amide bonds. The van der Waals surface area contributed by atoms with E-state index < -0.39 is 0 Å². The van der Waals surface area contributed by atoms with E-state index in [1.807, 2.05) is 11.6 Å². The van der Waals surface area contributed by atoms with Crippen LogP contribution in [0.15, 0.2) is 6.20 Å². The molecule has 0 aromatic carbocycles. The molecule has 2 heterocycles. The van der Waals surface area contributed by atoms with Crippen molar-refractivity contribution in [2.75, 3.05) is 33.5 Å². The molecule has 1 N–H and O–H groups in total. The molecule has 0 unspecified atom stereocenters. The molecule has 0 radical (unpaired) electrons. The summed E-state index contributed by atoms with van der Waals surface area (Å²) in [5, 5.41) is 7.47. The fraction of sp³-hybridized carbons (Fsp3) is 0.765. The van der Waals surface area contributed by atoms with Gasteiger partial charge in [-0.15, -0.1) is 0 Å². The number of hydrogen-bond donors (Lipinski definition) is 1. The van der Waals surface area contributed by atoms with Crippen molar-refractivity contribution in [2.45, 2.75) is 46.1 Å². The molecule has 130 valence electrons. The average Bonchev–Trinajstić information content (AvgIpc) is 2.93. The van der Waals surface area contributed by atoms with Gasteiger partial charge in [0.1, 0.15) is 0 Å². The lowest BCUT2D eigenvalue weighted by Crippen LogP contribution is -2.35. The van der Waals surface area contributed by atoms with Crippen LogP contribution in [-0.4, -0.2) is 49.2 Å². The van der Waals surface area contributed by atoms with E-state index in [0.29, 0.717) is 24.8 Å². The number of hydrogen-bond acceptors (Lipinski definition) is 4. The summed E-state index contributed by atoms with van der Waals surface area (Å²) in [6.45, 7) is 9.07. The zero-order valence-corrected chi connectivity index (χ0v) is 14.7. The smallest absolute Gasteiger partial charge is 0.254 e. The Labute approximate surface area is 138 Å². The van der Waals surface area contributed by atoms with Crippen LogP contribution in [0, 0.1) is 12.3 Å². The van der Waals surface area contributed by atoms with Crippen molar-refractivity contribution in [2.24, 2.45) is 5.41 Å². The van der Waals surface area contributed by atoms with Crippen molar-refractivity contribution in [3.05, 3.63) is 17.5 Å². The second kappa shape index (κ2) is 7.93. The van der Waals surface area contributed by atoms with Gasteiger partial charge < -0.3 is 14.8 Å². The molecule has 1 aliphatic heterocycles. The maximum atomic E-state index is 12.5. The number of carbonyl (C=O) groups is 1. The molecule has 0 atom stereocenters. The molecule has 1 aromatic heterocycles. The first-order valence-corrected chi connectivity index (χ1v) is 8.33. The third kappa shape index (κ3) is 4.78. The summed E-state index contributed by atoms with van der Waals surface area (Å²) >= 11 is 0. The molecule has 6 heteroatoms. The number of methoxy groups -OCH3 is 1. The first-order valence-electron chi connectivity index (χ1n) is 8.33. The minimum Gasteiger partial charge on any atom is -0.385 e. The minimum absolute atomic E-state index is 0.0102. The van der Waals surface area contributed by atoms with E-state index in [1.165, 1.54) is 0 Å². The second-order valence-corrected chi connectivity index (χ2v) is 7.02. The predicted molar refractivity (Wildman–Crippen MR) is 88.7 cm³/mol. The largest absolute Gasteiger partial charge is 0.385 e. The topological polar surface area (TPSA) is 65.4 Å². The highest BCUT2D eigenvalue weighted by Gasteiger charge is 2.23. The number of ether oxygens (including phenoxy) is 2. The SMILES string of the molecule is COCCC(C)(C)CNC(=O)c1cnn(C2CCOCC2)c1C. The summed E-state index contributed by atoms with van der Waals surface area (Å²) in [4.78, 5) is 12.5. The lowest BCUT2D eigenvalue weighted by molar-refractivity contribution is 0.0656. The quantitative estimate of drug-likeness (QED) is 0.836. The Kier molecular flexibility index (Phi) is 6.18. The minimum atomic E-state index is -0.0497. The molecule has 1 fully saturated rings. The molecular weight excluding hydrogens is 294 g/mol. The summed E-state index contributed by atoms with van der Waals surface area (Å²) < 4.78 is 12.5. The molecule has 6 nitrogen and oxygen atoms in total. The van der Waals surface area contributed by atoms with Crippen molar-refractivity contribution in [3.63, 3.8) is 0 Å². The fourth-order valence-corrected chi connectivity index (χ4v) is 2.83. The van der Waals surface area contributed by atoms with Gasteiger partial charge in [-0.3, -0.25) is 9.48 Å². The predicted octanol–water partition coefficient (Wildman–Crippen LogP) is 2.34. The maximum absolute atomic E-state index is 12.5. The van der Waals surface area contributed by atoms with E-state index in [-0.39, 0.29) is 11.3 Å². The summed E-state index contributed by atoms with van der Waals surface area (Å²) in [6, 6.07) is 0.337. The monoisotopic (exact) mass is 323 g/mol. The van der Waals surface area contributed by atoms with Gasteiger partial charge in [-0.1, -0.05) is 13.8 Å². The van der Waals surface area contributed by atoms with Crippen molar-refractivity contribution >= 4 is 5.91 Å². The Balaban J connectivity index is 1.96. The van der Waals surface area contributed by atoms with Crippen LogP contribution >= 0.6 is 0 Å². The molecule has 1 aliphatic rings. The van der Waals surface area contributed by atoms with Crippen LogP contribution in [0.25, 0.3) is 0 Å². The van der Waals surface area contributed by atoms with Crippen LogP contribution < -0.4 is 5.32 Å². The molecule has 1 saturated heterocycles. The third-order valence-electron chi connectivity index (χ3n) is 4.54. The normalized spacial score (nSPS) is 16.5. The Morgan fingerprint density at radius 2 is 2.17 bits per heavy atom. The second-order valence-electron chi connectivity index (χ2n) is 7.02.